The molecule has 1 aromatic rings. The summed E-state index contributed by atoms with van der Waals surface area (Å²) < 4.78 is 10.2. The van der Waals surface area contributed by atoms with Crippen LogP contribution in [0.25, 0.3) is 0 Å². The third kappa shape index (κ3) is 10.8. The number of hydrogen-bond donors (Lipinski definition) is 2. The maximum absolute atomic E-state index is 11.6. The third-order valence-electron chi connectivity index (χ3n) is 2.91. The molecule has 0 saturated heterocycles. The highest BCUT2D eigenvalue weighted by Gasteiger charge is 2.15. The second-order valence-electron chi connectivity index (χ2n) is 6.42. The molecule has 0 atom stereocenters. The summed E-state index contributed by atoms with van der Waals surface area (Å²) in [6.07, 6.45) is -0.360. The first kappa shape index (κ1) is 20.5. The molecule has 0 heterocycles. The molecule has 0 spiro atoms. The van der Waals surface area contributed by atoms with Crippen LogP contribution >= 0.6 is 0 Å². The number of esters is 1. The number of hydrogen-bond acceptors (Lipinski definition) is 5. The minimum Gasteiger partial charge on any atom is -0.461 e. The Morgan fingerprint density at radius 1 is 0.960 bits per heavy atom. The van der Waals surface area contributed by atoms with Crippen molar-refractivity contribution in [3.63, 3.8) is 0 Å². The van der Waals surface area contributed by atoms with Crippen molar-refractivity contribution in [2.75, 3.05) is 13.1 Å². The topological polar surface area (TPSA) is 93.7 Å². The van der Waals surface area contributed by atoms with Crippen LogP contribution in [-0.4, -0.2) is 36.7 Å². The van der Waals surface area contributed by atoms with Gasteiger partial charge in [0.05, 0.1) is 6.42 Å². The van der Waals surface area contributed by atoms with Gasteiger partial charge in [-0.05, 0) is 26.3 Å². The molecule has 1 aromatic carbocycles. The highest BCUT2D eigenvalue weighted by molar-refractivity contribution is 5.78. The summed E-state index contributed by atoms with van der Waals surface area (Å²) in [6, 6.07) is 9.36. The fraction of sp³-hybridized carbons (Fsp3) is 0.500. The van der Waals surface area contributed by atoms with Crippen molar-refractivity contribution in [2.45, 2.75) is 45.8 Å². The molecule has 0 saturated carbocycles. The van der Waals surface area contributed by atoms with Crippen LogP contribution in [0.15, 0.2) is 30.3 Å². The second kappa shape index (κ2) is 10.3. The number of amides is 2. The van der Waals surface area contributed by atoms with Crippen molar-refractivity contribution in [1.82, 2.24) is 10.6 Å². The standard InChI is InChI=1S/C18H26N2O5/c1-18(2,3)25-17(23)20-11-9-15(21)19-12-10-16(22)24-13-14-7-5-4-6-8-14/h4-8H,9-13H2,1-3H3,(H,19,21)(H,20,23). The van der Waals surface area contributed by atoms with E-state index in [4.69, 9.17) is 9.47 Å². The fourth-order valence-corrected chi connectivity index (χ4v) is 1.79. The molecule has 0 aliphatic heterocycles. The van der Waals surface area contributed by atoms with Gasteiger partial charge in [0.15, 0.2) is 0 Å². The van der Waals surface area contributed by atoms with Crippen LogP contribution in [-0.2, 0) is 25.7 Å². The van der Waals surface area contributed by atoms with Crippen molar-refractivity contribution < 1.29 is 23.9 Å². The Hall–Kier alpha value is -2.57. The van der Waals surface area contributed by atoms with Gasteiger partial charge in [0, 0.05) is 19.5 Å². The molecule has 0 unspecified atom stereocenters. The number of nitrogens with one attached hydrogen (secondary N) is 2. The molecule has 25 heavy (non-hydrogen) atoms. The Morgan fingerprint density at radius 2 is 1.60 bits per heavy atom. The number of benzene rings is 1. The summed E-state index contributed by atoms with van der Waals surface area (Å²) in [5.41, 5.74) is 0.333. The molecule has 1 rings (SSSR count). The molecule has 7 heteroatoms. The third-order valence-corrected chi connectivity index (χ3v) is 2.91. The Balaban J connectivity index is 2.08. The van der Waals surface area contributed by atoms with Crippen LogP contribution in [0.5, 0.6) is 0 Å². The lowest BCUT2D eigenvalue weighted by Gasteiger charge is -2.19. The lowest BCUT2D eigenvalue weighted by atomic mass is 10.2. The quantitative estimate of drug-likeness (QED) is 0.701. The van der Waals surface area contributed by atoms with Gasteiger partial charge in [0.2, 0.25) is 5.91 Å². The van der Waals surface area contributed by atoms with E-state index in [-0.39, 0.29) is 44.4 Å². The van der Waals surface area contributed by atoms with E-state index in [1.807, 2.05) is 30.3 Å². The van der Waals surface area contributed by atoms with E-state index in [0.29, 0.717) is 0 Å². The Morgan fingerprint density at radius 3 is 2.24 bits per heavy atom. The molecule has 0 bridgehead atoms. The summed E-state index contributed by atoms with van der Waals surface area (Å²) in [7, 11) is 0. The zero-order valence-electron chi connectivity index (χ0n) is 15.0. The summed E-state index contributed by atoms with van der Waals surface area (Å²) >= 11 is 0. The van der Waals surface area contributed by atoms with Crippen LogP contribution in [0.1, 0.15) is 39.2 Å². The largest absolute Gasteiger partial charge is 0.461 e. The molecule has 138 valence electrons. The number of ether oxygens (including phenoxy) is 2. The highest BCUT2D eigenvalue weighted by Crippen LogP contribution is 2.06. The van der Waals surface area contributed by atoms with Gasteiger partial charge in [-0.3, -0.25) is 9.59 Å². The fourth-order valence-electron chi connectivity index (χ4n) is 1.79. The lowest BCUT2D eigenvalue weighted by Crippen LogP contribution is -2.35. The van der Waals surface area contributed by atoms with Crippen molar-refractivity contribution in [1.29, 1.82) is 0 Å². The summed E-state index contributed by atoms with van der Waals surface area (Å²) in [6.45, 7) is 5.86. The van der Waals surface area contributed by atoms with Crippen LogP contribution in [0.3, 0.4) is 0 Å². The Bertz CT molecular complexity index is 567. The van der Waals surface area contributed by atoms with Gasteiger partial charge in [-0.1, -0.05) is 30.3 Å². The number of alkyl carbamates (subject to hydrolysis) is 1. The molecule has 0 fully saturated rings. The number of carbonyl (C=O) groups excluding carboxylic acids is 3. The average Bonchev–Trinajstić information content (AvgIpc) is 2.52. The molecule has 0 radical (unpaired) electrons. The summed E-state index contributed by atoms with van der Waals surface area (Å²) in [5.74, 6) is -0.636. The molecule has 7 nitrogen and oxygen atoms in total. The molecule has 2 N–H and O–H groups in total. The van der Waals surface area contributed by atoms with E-state index >= 15 is 0 Å². The molecule has 0 aliphatic rings. The van der Waals surface area contributed by atoms with E-state index in [2.05, 4.69) is 10.6 Å². The molecule has 0 aromatic heterocycles. The summed E-state index contributed by atoms with van der Waals surface area (Å²) in [4.78, 5) is 34.6. The van der Waals surface area contributed by atoms with Gasteiger partial charge in [0.25, 0.3) is 0 Å². The van der Waals surface area contributed by atoms with Crippen LogP contribution in [0.2, 0.25) is 0 Å². The maximum Gasteiger partial charge on any atom is 0.407 e. The maximum atomic E-state index is 11.6. The monoisotopic (exact) mass is 350 g/mol. The smallest absolute Gasteiger partial charge is 0.407 e. The molecular formula is C18H26N2O5. The minimum atomic E-state index is -0.577. The summed E-state index contributed by atoms with van der Waals surface area (Å²) in [5, 5.41) is 5.10. The van der Waals surface area contributed by atoms with Gasteiger partial charge < -0.3 is 20.1 Å². The van der Waals surface area contributed by atoms with Crippen molar-refractivity contribution in [2.24, 2.45) is 0 Å². The Labute approximate surface area is 148 Å². The van der Waals surface area contributed by atoms with Crippen molar-refractivity contribution in [3.8, 4) is 0 Å². The second-order valence-corrected chi connectivity index (χ2v) is 6.42. The van der Waals surface area contributed by atoms with Crippen LogP contribution in [0.4, 0.5) is 4.79 Å². The molecule has 0 aliphatic carbocycles. The van der Waals surface area contributed by atoms with Gasteiger partial charge in [-0.25, -0.2) is 4.79 Å². The number of carbonyl (C=O) groups is 3. The normalized spacial score (nSPS) is 10.7. The van der Waals surface area contributed by atoms with Crippen molar-refractivity contribution >= 4 is 18.0 Å². The predicted molar refractivity (Wildman–Crippen MR) is 92.7 cm³/mol. The predicted octanol–water partition coefficient (Wildman–Crippen LogP) is 2.15. The van der Waals surface area contributed by atoms with Gasteiger partial charge in [-0.2, -0.15) is 0 Å². The first-order valence-electron chi connectivity index (χ1n) is 8.19. The van der Waals surface area contributed by atoms with Crippen molar-refractivity contribution in [3.05, 3.63) is 35.9 Å². The molecule has 2 amide bonds. The van der Waals surface area contributed by atoms with Gasteiger partial charge in [-0.15, -0.1) is 0 Å². The zero-order valence-corrected chi connectivity index (χ0v) is 15.0. The highest BCUT2D eigenvalue weighted by atomic mass is 16.6. The Kier molecular flexibility index (Phi) is 8.46. The SMILES string of the molecule is CC(C)(C)OC(=O)NCCC(=O)NCCC(=O)OCc1ccccc1. The van der Waals surface area contributed by atoms with E-state index < -0.39 is 11.7 Å². The van der Waals surface area contributed by atoms with E-state index in [1.54, 1.807) is 20.8 Å². The molecular weight excluding hydrogens is 324 g/mol. The van der Waals surface area contributed by atoms with Crippen LogP contribution < -0.4 is 10.6 Å². The number of rotatable bonds is 8. The lowest BCUT2D eigenvalue weighted by molar-refractivity contribution is -0.144. The van der Waals surface area contributed by atoms with E-state index in [1.165, 1.54) is 0 Å². The average molecular weight is 350 g/mol. The zero-order chi connectivity index (χ0) is 18.7. The van der Waals surface area contributed by atoms with E-state index in [0.717, 1.165) is 5.56 Å². The van der Waals surface area contributed by atoms with Gasteiger partial charge >= 0.3 is 12.1 Å². The minimum absolute atomic E-state index is 0.0953. The van der Waals surface area contributed by atoms with Crippen LogP contribution in [0, 0.1) is 0 Å². The first-order valence-corrected chi connectivity index (χ1v) is 8.19. The van der Waals surface area contributed by atoms with E-state index in [9.17, 15) is 14.4 Å². The van der Waals surface area contributed by atoms with Gasteiger partial charge in [0.1, 0.15) is 12.2 Å². The first-order chi connectivity index (χ1) is 11.8.